The number of carbonyl (C=O) groups is 2. The Morgan fingerprint density at radius 3 is 1.50 bits per heavy atom. The summed E-state index contributed by atoms with van der Waals surface area (Å²) in [5.41, 5.74) is 10.4. The third-order valence-electron chi connectivity index (χ3n) is 2.39. The highest BCUT2D eigenvalue weighted by Crippen LogP contribution is 2.16. The Hall–Kier alpha value is -0.923. The lowest BCUT2D eigenvalue weighted by Crippen LogP contribution is -2.62. The maximum Gasteiger partial charge on any atom is 0.320 e. The number of nitrogens with two attached hydrogens (primary N) is 2. The van der Waals surface area contributed by atoms with Gasteiger partial charge in [-0.05, 0) is 13.8 Å². The van der Waals surface area contributed by atoms with E-state index < -0.39 is 31.2 Å². The lowest BCUT2D eigenvalue weighted by Gasteiger charge is -2.32. The van der Waals surface area contributed by atoms with E-state index in [0.29, 0.717) is 0 Å². The molecule has 0 aromatic carbocycles. The van der Waals surface area contributed by atoms with E-state index in [0.717, 1.165) is 0 Å². The van der Waals surface area contributed by atoms with Crippen LogP contribution in [0.2, 0.25) is 19.6 Å². The van der Waals surface area contributed by atoms with Crippen molar-refractivity contribution in [3.05, 3.63) is 0 Å². The van der Waals surface area contributed by atoms with Crippen molar-refractivity contribution in [2.24, 2.45) is 11.5 Å². The van der Waals surface area contributed by atoms with Gasteiger partial charge in [0.25, 0.3) is 0 Å². The monoisotopic (exact) mass is 250 g/mol. The lowest BCUT2D eigenvalue weighted by molar-refractivity contribution is -0.140. The van der Waals surface area contributed by atoms with Crippen molar-refractivity contribution >= 4 is 20.0 Å². The largest absolute Gasteiger partial charge is 0.480 e. The molecule has 6 nitrogen and oxygen atoms in total. The molecule has 0 aliphatic heterocycles. The van der Waals surface area contributed by atoms with Crippen LogP contribution in [0.5, 0.6) is 0 Å². The molecule has 0 saturated carbocycles. The predicted octanol–water partition coefficient (Wildman–Crippen LogP) is 0.0840. The van der Waals surface area contributed by atoms with Crippen LogP contribution >= 0.6 is 0 Å². The van der Waals surface area contributed by atoms with Gasteiger partial charge in [0, 0.05) is 0 Å². The van der Waals surface area contributed by atoms with Crippen LogP contribution in [0.4, 0.5) is 0 Å². The van der Waals surface area contributed by atoms with Crippen LogP contribution in [-0.2, 0) is 9.59 Å². The quantitative estimate of drug-likeness (QED) is 0.525. The van der Waals surface area contributed by atoms with E-state index in [2.05, 4.69) is 0 Å². The SMILES string of the molecule is C[C@H](N)C(=O)O.C[C@](N)(C(=O)O)[Si](C)(C)C. The summed E-state index contributed by atoms with van der Waals surface area (Å²) in [6.45, 7) is 8.84. The summed E-state index contributed by atoms with van der Waals surface area (Å²) in [5.74, 6) is -1.86. The summed E-state index contributed by atoms with van der Waals surface area (Å²) in [6, 6.07) is -0.731. The van der Waals surface area contributed by atoms with Crippen molar-refractivity contribution in [1.29, 1.82) is 0 Å². The summed E-state index contributed by atoms with van der Waals surface area (Å²) in [5, 5.41) is 15.5. The first-order valence-electron chi connectivity index (χ1n) is 4.84. The van der Waals surface area contributed by atoms with E-state index in [4.69, 9.17) is 21.7 Å². The Labute approximate surface area is 96.6 Å². The molecule has 7 heteroatoms. The minimum absolute atomic E-state index is 0.731. The number of carboxylic acid groups (broad SMARTS) is 2. The zero-order chi connectivity index (χ0) is 13.7. The smallest absolute Gasteiger partial charge is 0.320 e. The molecule has 6 N–H and O–H groups in total. The fourth-order valence-corrected chi connectivity index (χ4v) is 0.962. The molecule has 0 rings (SSSR count). The maximum atomic E-state index is 10.6. The van der Waals surface area contributed by atoms with Gasteiger partial charge < -0.3 is 21.7 Å². The van der Waals surface area contributed by atoms with Crippen LogP contribution in [0.3, 0.4) is 0 Å². The number of hydrogen-bond donors (Lipinski definition) is 4. The molecule has 0 radical (unpaired) electrons. The van der Waals surface area contributed by atoms with Gasteiger partial charge >= 0.3 is 11.9 Å². The van der Waals surface area contributed by atoms with Crippen molar-refractivity contribution in [3.8, 4) is 0 Å². The summed E-state index contributed by atoms with van der Waals surface area (Å²) in [6.07, 6.45) is 0. The van der Waals surface area contributed by atoms with Crippen molar-refractivity contribution in [2.75, 3.05) is 0 Å². The van der Waals surface area contributed by atoms with Gasteiger partial charge in [0.1, 0.15) is 11.2 Å². The Kier molecular flexibility index (Phi) is 6.52. The molecule has 0 aromatic heterocycles. The van der Waals surface area contributed by atoms with Crippen molar-refractivity contribution in [1.82, 2.24) is 0 Å². The molecule has 0 heterocycles. The van der Waals surface area contributed by atoms with E-state index >= 15 is 0 Å². The highest BCUT2D eigenvalue weighted by atomic mass is 28.3. The van der Waals surface area contributed by atoms with Crippen LogP contribution in [0.1, 0.15) is 13.8 Å². The second-order valence-corrected chi connectivity index (χ2v) is 10.4. The van der Waals surface area contributed by atoms with Gasteiger partial charge in [-0.3, -0.25) is 9.59 Å². The van der Waals surface area contributed by atoms with Crippen LogP contribution < -0.4 is 11.5 Å². The van der Waals surface area contributed by atoms with Gasteiger partial charge in [-0.2, -0.15) is 0 Å². The predicted molar refractivity (Wildman–Crippen MR) is 64.9 cm³/mol. The maximum absolute atomic E-state index is 10.6. The zero-order valence-electron chi connectivity index (χ0n) is 10.4. The van der Waals surface area contributed by atoms with Crippen LogP contribution in [0, 0.1) is 0 Å². The molecule has 0 spiro atoms. The van der Waals surface area contributed by atoms with Crippen LogP contribution in [-0.4, -0.2) is 41.4 Å². The van der Waals surface area contributed by atoms with Crippen LogP contribution in [0.25, 0.3) is 0 Å². The third-order valence-corrected chi connectivity index (χ3v) is 5.72. The second kappa shape index (κ2) is 5.97. The standard InChI is InChI=1S/C6H15NO2Si.C3H7NO2/c1-6(7,5(8)9)10(2,3)4;1-2(4)3(5)6/h7H2,1-4H3,(H,8,9);2H,4H2,1H3,(H,5,6)/t6-;2-/m10/s1. The molecule has 0 aliphatic rings. The van der Waals surface area contributed by atoms with Crippen molar-refractivity contribution in [2.45, 2.75) is 44.7 Å². The average molecular weight is 250 g/mol. The summed E-state index contributed by atoms with van der Waals surface area (Å²) in [4.78, 5) is 20.2. The van der Waals surface area contributed by atoms with Gasteiger partial charge in [0.05, 0.1) is 8.07 Å². The second-order valence-electron chi connectivity index (χ2n) is 4.88. The third kappa shape index (κ3) is 5.84. The van der Waals surface area contributed by atoms with E-state index in [-0.39, 0.29) is 0 Å². The number of rotatable bonds is 3. The molecule has 96 valence electrons. The van der Waals surface area contributed by atoms with E-state index in [1.807, 2.05) is 19.6 Å². The van der Waals surface area contributed by atoms with Crippen LogP contribution in [0.15, 0.2) is 0 Å². The number of aliphatic carboxylic acids is 2. The van der Waals surface area contributed by atoms with Gasteiger partial charge in [-0.1, -0.05) is 19.6 Å². The lowest BCUT2D eigenvalue weighted by atomic mass is 10.4. The van der Waals surface area contributed by atoms with Gasteiger partial charge in [0.15, 0.2) is 0 Å². The Morgan fingerprint density at radius 1 is 1.25 bits per heavy atom. The fraction of sp³-hybridized carbons (Fsp3) is 0.778. The van der Waals surface area contributed by atoms with E-state index in [9.17, 15) is 9.59 Å². The first-order chi connectivity index (χ1) is 6.84. The highest BCUT2D eigenvalue weighted by Gasteiger charge is 2.42. The molecular formula is C9H22N2O4Si. The van der Waals surface area contributed by atoms with Crippen molar-refractivity contribution < 1.29 is 19.8 Å². The highest BCUT2D eigenvalue weighted by molar-refractivity contribution is 6.82. The normalized spacial score (nSPS) is 16.4. The summed E-state index contributed by atoms with van der Waals surface area (Å²) in [7, 11) is -1.77. The first kappa shape index (κ1) is 17.5. The molecule has 0 aliphatic carbocycles. The van der Waals surface area contributed by atoms with E-state index in [1.165, 1.54) is 6.92 Å². The Bertz CT molecular complexity index is 259. The van der Waals surface area contributed by atoms with E-state index in [1.54, 1.807) is 6.92 Å². The fourth-order valence-electron chi connectivity index (χ4n) is 0.321. The minimum atomic E-state index is -1.77. The molecule has 16 heavy (non-hydrogen) atoms. The number of hydrogen-bond acceptors (Lipinski definition) is 4. The van der Waals surface area contributed by atoms with Gasteiger partial charge in [0.2, 0.25) is 0 Å². The first-order valence-corrected chi connectivity index (χ1v) is 8.34. The topological polar surface area (TPSA) is 127 Å². The molecule has 0 saturated heterocycles. The molecule has 0 fully saturated rings. The Balaban J connectivity index is 0. The van der Waals surface area contributed by atoms with Gasteiger partial charge in [-0.15, -0.1) is 0 Å². The molecule has 0 unspecified atom stereocenters. The molecule has 0 aromatic rings. The average Bonchev–Trinajstić information content (AvgIpc) is 2.02. The molecule has 2 atom stereocenters. The summed E-state index contributed by atoms with van der Waals surface area (Å²) < 4.78 is 0. The van der Waals surface area contributed by atoms with Gasteiger partial charge in [-0.25, -0.2) is 0 Å². The molecule has 0 amide bonds. The van der Waals surface area contributed by atoms with Crippen molar-refractivity contribution in [3.63, 3.8) is 0 Å². The molecule has 0 bridgehead atoms. The number of carboxylic acids is 2. The minimum Gasteiger partial charge on any atom is -0.480 e. The zero-order valence-corrected chi connectivity index (χ0v) is 11.4. The Morgan fingerprint density at radius 2 is 1.50 bits per heavy atom. The summed E-state index contributed by atoms with van der Waals surface area (Å²) >= 11 is 0. The molecular weight excluding hydrogens is 228 g/mol.